The Morgan fingerprint density at radius 2 is 1.79 bits per heavy atom. The van der Waals surface area contributed by atoms with Gasteiger partial charge in [-0.2, -0.15) is 13.2 Å². The fourth-order valence-corrected chi connectivity index (χ4v) is 1.91. The smallest absolute Gasteiger partial charge is 0.422 e. The molecule has 0 saturated heterocycles. The molecule has 5 nitrogen and oxygen atoms in total. The fraction of sp³-hybridized carbons (Fsp3) is 0.250. The second kappa shape index (κ2) is 7.78. The molecule has 0 unspecified atom stereocenters. The minimum atomic E-state index is -4.40. The third-order valence-corrected chi connectivity index (χ3v) is 3.04. The minimum absolute atomic E-state index is 0.0857. The molecule has 24 heavy (non-hydrogen) atoms. The molecule has 0 atom stereocenters. The number of carboxylic acid groups (broad SMARTS) is 1. The van der Waals surface area contributed by atoms with Gasteiger partial charge in [-0.25, -0.2) is 9.78 Å². The van der Waals surface area contributed by atoms with Crippen molar-refractivity contribution in [3.8, 4) is 5.88 Å². The zero-order valence-electron chi connectivity index (χ0n) is 12.5. The van der Waals surface area contributed by atoms with Crippen LogP contribution >= 0.6 is 0 Å². The van der Waals surface area contributed by atoms with E-state index in [1.807, 2.05) is 0 Å². The monoisotopic (exact) mass is 340 g/mol. The summed E-state index contributed by atoms with van der Waals surface area (Å²) in [5, 5.41) is 11.9. The van der Waals surface area contributed by atoms with Crippen LogP contribution in [-0.4, -0.2) is 28.8 Å². The van der Waals surface area contributed by atoms with Gasteiger partial charge in [0, 0.05) is 25.4 Å². The molecule has 0 fully saturated rings. The van der Waals surface area contributed by atoms with Crippen LogP contribution in [0.3, 0.4) is 0 Å². The number of nitrogens with one attached hydrogen (secondary N) is 1. The van der Waals surface area contributed by atoms with Crippen molar-refractivity contribution in [1.29, 1.82) is 0 Å². The molecule has 0 aliphatic rings. The van der Waals surface area contributed by atoms with E-state index in [1.54, 1.807) is 18.2 Å². The van der Waals surface area contributed by atoms with Crippen molar-refractivity contribution >= 4 is 5.97 Å². The Hall–Kier alpha value is -2.61. The zero-order chi connectivity index (χ0) is 17.6. The summed E-state index contributed by atoms with van der Waals surface area (Å²) in [5.41, 5.74) is 1.83. The highest BCUT2D eigenvalue weighted by Gasteiger charge is 2.28. The van der Waals surface area contributed by atoms with Crippen molar-refractivity contribution in [2.24, 2.45) is 0 Å². The number of halogens is 3. The summed E-state index contributed by atoms with van der Waals surface area (Å²) in [7, 11) is 0. The predicted molar refractivity (Wildman–Crippen MR) is 79.7 cm³/mol. The molecule has 2 N–H and O–H groups in total. The summed E-state index contributed by atoms with van der Waals surface area (Å²) in [4.78, 5) is 14.5. The van der Waals surface area contributed by atoms with Gasteiger partial charge < -0.3 is 15.2 Å². The Kier molecular flexibility index (Phi) is 5.75. The number of rotatable bonds is 7. The lowest BCUT2D eigenvalue weighted by Crippen LogP contribution is -2.20. The maximum absolute atomic E-state index is 12.1. The molecular weight excluding hydrogens is 325 g/mol. The molecule has 0 amide bonds. The Morgan fingerprint density at radius 1 is 1.12 bits per heavy atom. The van der Waals surface area contributed by atoms with Crippen LogP contribution in [0.4, 0.5) is 13.2 Å². The Morgan fingerprint density at radius 3 is 2.42 bits per heavy atom. The van der Waals surface area contributed by atoms with Crippen LogP contribution in [0.25, 0.3) is 0 Å². The molecule has 0 aliphatic carbocycles. The third-order valence-electron chi connectivity index (χ3n) is 3.04. The Bertz CT molecular complexity index is 688. The number of hydrogen-bond acceptors (Lipinski definition) is 4. The molecule has 1 aromatic carbocycles. The summed E-state index contributed by atoms with van der Waals surface area (Å²) < 4.78 is 40.9. The second-order valence-corrected chi connectivity index (χ2v) is 5.01. The number of pyridine rings is 1. The van der Waals surface area contributed by atoms with Crippen LogP contribution in [0.5, 0.6) is 5.88 Å². The molecular formula is C16H15F3N2O3. The van der Waals surface area contributed by atoms with Gasteiger partial charge in [0.25, 0.3) is 0 Å². The number of hydrogen-bond donors (Lipinski definition) is 2. The van der Waals surface area contributed by atoms with E-state index in [0.717, 1.165) is 11.1 Å². The Balaban J connectivity index is 1.84. The molecule has 0 saturated carbocycles. The number of benzene rings is 1. The van der Waals surface area contributed by atoms with Crippen LogP contribution in [0.15, 0.2) is 42.6 Å². The zero-order valence-corrected chi connectivity index (χ0v) is 12.5. The molecule has 0 radical (unpaired) electrons. The van der Waals surface area contributed by atoms with Crippen LogP contribution in [0, 0.1) is 0 Å². The standard InChI is InChI=1S/C16H15F3N2O3/c17-16(18,19)10-24-14-7-12(5-6-21-14)9-20-8-11-1-3-13(4-2-11)15(22)23/h1-7,20H,8-10H2,(H,22,23). The van der Waals surface area contributed by atoms with Crippen molar-refractivity contribution in [2.45, 2.75) is 19.3 Å². The first-order chi connectivity index (χ1) is 11.3. The fourth-order valence-electron chi connectivity index (χ4n) is 1.91. The van der Waals surface area contributed by atoms with Crippen molar-refractivity contribution in [1.82, 2.24) is 10.3 Å². The molecule has 0 aliphatic heterocycles. The van der Waals surface area contributed by atoms with Gasteiger partial charge in [-0.3, -0.25) is 0 Å². The highest BCUT2D eigenvalue weighted by molar-refractivity contribution is 5.87. The lowest BCUT2D eigenvalue weighted by atomic mass is 10.1. The van der Waals surface area contributed by atoms with E-state index in [1.165, 1.54) is 24.4 Å². The van der Waals surface area contributed by atoms with Crippen molar-refractivity contribution in [3.63, 3.8) is 0 Å². The van der Waals surface area contributed by atoms with Gasteiger partial charge in [0.2, 0.25) is 5.88 Å². The van der Waals surface area contributed by atoms with Gasteiger partial charge in [0.1, 0.15) is 0 Å². The van der Waals surface area contributed by atoms with Crippen LogP contribution in [0.1, 0.15) is 21.5 Å². The molecule has 1 aromatic heterocycles. The summed E-state index contributed by atoms with van der Waals surface area (Å²) >= 11 is 0. The summed E-state index contributed by atoms with van der Waals surface area (Å²) in [6, 6.07) is 9.51. The van der Waals surface area contributed by atoms with Crippen molar-refractivity contribution < 1.29 is 27.8 Å². The van der Waals surface area contributed by atoms with Crippen molar-refractivity contribution in [2.75, 3.05) is 6.61 Å². The highest BCUT2D eigenvalue weighted by Crippen LogP contribution is 2.17. The number of carboxylic acids is 1. The summed E-state index contributed by atoms with van der Waals surface area (Å²) in [5.74, 6) is -1.07. The molecule has 2 aromatic rings. The number of nitrogens with zero attached hydrogens (tertiary/aromatic N) is 1. The normalized spacial score (nSPS) is 11.3. The lowest BCUT2D eigenvalue weighted by Gasteiger charge is -2.10. The molecule has 2 rings (SSSR count). The second-order valence-electron chi connectivity index (χ2n) is 5.01. The van der Waals surface area contributed by atoms with Gasteiger partial charge in [-0.05, 0) is 29.3 Å². The van der Waals surface area contributed by atoms with Crippen molar-refractivity contribution in [3.05, 3.63) is 59.3 Å². The number of alkyl halides is 3. The van der Waals surface area contributed by atoms with Gasteiger partial charge in [-0.1, -0.05) is 12.1 Å². The number of aromatic carboxylic acids is 1. The molecule has 128 valence electrons. The largest absolute Gasteiger partial charge is 0.478 e. The van der Waals surface area contributed by atoms with Crippen LogP contribution in [-0.2, 0) is 13.1 Å². The van der Waals surface area contributed by atoms with E-state index in [-0.39, 0.29) is 11.4 Å². The SMILES string of the molecule is O=C(O)c1ccc(CNCc2ccnc(OCC(F)(F)F)c2)cc1. The van der Waals surface area contributed by atoms with E-state index in [2.05, 4.69) is 15.0 Å². The first-order valence-electron chi connectivity index (χ1n) is 7.01. The summed E-state index contributed by atoms with van der Waals surface area (Å²) in [6.45, 7) is -0.487. The van der Waals surface area contributed by atoms with E-state index < -0.39 is 18.8 Å². The average molecular weight is 340 g/mol. The number of aromatic nitrogens is 1. The molecule has 1 heterocycles. The third kappa shape index (κ3) is 5.88. The van der Waals surface area contributed by atoms with E-state index in [0.29, 0.717) is 13.1 Å². The van der Waals surface area contributed by atoms with Gasteiger partial charge in [0.05, 0.1) is 5.56 Å². The number of carbonyl (C=O) groups is 1. The molecule has 8 heteroatoms. The first kappa shape index (κ1) is 17.7. The predicted octanol–water partition coefficient (Wildman–Crippen LogP) is 3.01. The van der Waals surface area contributed by atoms with E-state index >= 15 is 0 Å². The molecule has 0 spiro atoms. The first-order valence-corrected chi connectivity index (χ1v) is 7.01. The van der Waals surface area contributed by atoms with Crippen LogP contribution < -0.4 is 10.1 Å². The lowest BCUT2D eigenvalue weighted by molar-refractivity contribution is -0.154. The number of ether oxygens (including phenoxy) is 1. The van der Waals surface area contributed by atoms with E-state index in [9.17, 15) is 18.0 Å². The highest BCUT2D eigenvalue weighted by atomic mass is 19.4. The van der Waals surface area contributed by atoms with Gasteiger partial charge in [0.15, 0.2) is 6.61 Å². The van der Waals surface area contributed by atoms with Gasteiger partial charge in [-0.15, -0.1) is 0 Å². The summed E-state index contributed by atoms with van der Waals surface area (Å²) in [6.07, 6.45) is -3.03. The maximum Gasteiger partial charge on any atom is 0.422 e. The van der Waals surface area contributed by atoms with Crippen LogP contribution in [0.2, 0.25) is 0 Å². The maximum atomic E-state index is 12.1. The average Bonchev–Trinajstić information content (AvgIpc) is 2.53. The van der Waals surface area contributed by atoms with E-state index in [4.69, 9.17) is 5.11 Å². The quantitative estimate of drug-likeness (QED) is 0.811. The minimum Gasteiger partial charge on any atom is -0.478 e. The topological polar surface area (TPSA) is 71.5 Å². The Labute approximate surface area is 136 Å². The molecule has 0 bridgehead atoms. The van der Waals surface area contributed by atoms with Gasteiger partial charge >= 0.3 is 12.1 Å².